The number of amides is 1. The van der Waals surface area contributed by atoms with Crippen LogP contribution in [0.15, 0.2) is 48.5 Å². The molecule has 0 atom stereocenters. The lowest BCUT2D eigenvalue weighted by molar-refractivity contribution is -0.121. The van der Waals surface area contributed by atoms with Crippen molar-refractivity contribution >= 4 is 29.1 Å². The summed E-state index contributed by atoms with van der Waals surface area (Å²) in [6.07, 6.45) is 2.71. The SMILES string of the molecule is O=C(CCCOc1ccccc1Cl)NCC1(c2ccccc2Cl)CCOCC1. The molecule has 2 aromatic carbocycles. The molecule has 0 saturated carbocycles. The van der Waals surface area contributed by atoms with Gasteiger partial charge in [0.15, 0.2) is 0 Å². The first-order valence-corrected chi connectivity index (χ1v) is 10.3. The van der Waals surface area contributed by atoms with Gasteiger partial charge in [-0.1, -0.05) is 53.5 Å². The van der Waals surface area contributed by atoms with Gasteiger partial charge >= 0.3 is 0 Å². The average molecular weight is 422 g/mol. The lowest BCUT2D eigenvalue weighted by atomic mass is 9.74. The van der Waals surface area contributed by atoms with Crippen molar-refractivity contribution < 1.29 is 14.3 Å². The van der Waals surface area contributed by atoms with E-state index in [-0.39, 0.29) is 11.3 Å². The summed E-state index contributed by atoms with van der Waals surface area (Å²) in [6, 6.07) is 15.2. The molecular weight excluding hydrogens is 397 g/mol. The van der Waals surface area contributed by atoms with Gasteiger partial charge in [-0.25, -0.2) is 0 Å². The van der Waals surface area contributed by atoms with Crippen molar-refractivity contribution in [3.05, 3.63) is 64.1 Å². The third-order valence-electron chi connectivity index (χ3n) is 5.16. The standard InChI is InChI=1S/C22H25Cl2NO3/c23-18-7-2-1-6-17(18)22(11-14-27-15-12-22)16-25-21(26)10-5-13-28-20-9-4-3-8-19(20)24/h1-4,6-9H,5,10-16H2,(H,25,26). The summed E-state index contributed by atoms with van der Waals surface area (Å²) in [5.74, 6) is 0.658. The van der Waals surface area contributed by atoms with E-state index in [1.54, 1.807) is 6.07 Å². The van der Waals surface area contributed by atoms with Crippen LogP contribution >= 0.6 is 23.2 Å². The van der Waals surface area contributed by atoms with Crippen LogP contribution in [0.3, 0.4) is 0 Å². The van der Waals surface area contributed by atoms with Gasteiger partial charge in [0.25, 0.3) is 0 Å². The molecule has 2 aromatic rings. The van der Waals surface area contributed by atoms with E-state index in [0.29, 0.717) is 50.0 Å². The normalized spacial score (nSPS) is 15.8. The fourth-order valence-electron chi connectivity index (χ4n) is 3.53. The molecule has 0 aromatic heterocycles. The summed E-state index contributed by atoms with van der Waals surface area (Å²) in [7, 11) is 0. The molecule has 28 heavy (non-hydrogen) atoms. The summed E-state index contributed by atoms with van der Waals surface area (Å²) in [6.45, 7) is 2.35. The molecule has 1 fully saturated rings. The van der Waals surface area contributed by atoms with Crippen LogP contribution in [0, 0.1) is 0 Å². The van der Waals surface area contributed by atoms with E-state index in [1.165, 1.54) is 0 Å². The average Bonchev–Trinajstić information content (AvgIpc) is 2.72. The van der Waals surface area contributed by atoms with Gasteiger partial charge in [0.05, 0.1) is 11.6 Å². The molecule has 0 unspecified atom stereocenters. The van der Waals surface area contributed by atoms with E-state index in [4.69, 9.17) is 32.7 Å². The predicted molar refractivity (Wildman–Crippen MR) is 112 cm³/mol. The van der Waals surface area contributed by atoms with E-state index < -0.39 is 0 Å². The number of halogens is 2. The van der Waals surface area contributed by atoms with Crippen molar-refractivity contribution in [2.75, 3.05) is 26.4 Å². The number of hydrogen-bond acceptors (Lipinski definition) is 3. The maximum atomic E-state index is 12.4. The highest BCUT2D eigenvalue weighted by Crippen LogP contribution is 2.38. The molecule has 6 heteroatoms. The van der Waals surface area contributed by atoms with Crippen LogP contribution in [0.5, 0.6) is 5.75 Å². The van der Waals surface area contributed by atoms with Crippen LogP contribution in [0.25, 0.3) is 0 Å². The second-order valence-corrected chi connectivity index (χ2v) is 7.85. The molecular formula is C22H25Cl2NO3. The Balaban J connectivity index is 1.50. The van der Waals surface area contributed by atoms with Crippen LogP contribution in [0.4, 0.5) is 0 Å². The highest BCUT2D eigenvalue weighted by atomic mass is 35.5. The summed E-state index contributed by atoms with van der Waals surface area (Å²) in [5.41, 5.74) is 0.905. The number of rotatable bonds is 8. The Morgan fingerprint density at radius 3 is 2.43 bits per heavy atom. The van der Waals surface area contributed by atoms with Gasteiger partial charge < -0.3 is 14.8 Å². The Labute approximate surface area is 176 Å². The minimum absolute atomic E-state index is 0.0145. The fourth-order valence-corrected chi connectivity index (χ4v) is 4.05. The lowest BCUT2D eigenvalue weighted by Crippen LogP contribution is -2.44. The highest BCUT2D eigenvalue weighted by molar-refractivity contribution is 6.32. The first-order valence-electron chi connectivity index (χ1n) is 9.57. The topological polar surface area (TPSA) is 47.6 Å². The molecule has 1 saturated heterocycles. The molecule has 3 rings (SSSR count). The zero-order valence-corrected chi connectivity index (χ0v) is 17.3. The Kier molecular flexibility index (Phi) is 7.60. The summed E-state index contributed by atoms with van der Waals surface area (Å²) >= 11 is 12.5. The van der Waals surface area contributed by atoms with Crippen molar-refractivity contribution in [1.82, 2.24) is 5.32 Å². The second kappa shape index (κ2) is 10.1. The van der Waals surface area contributed by atoms with Crippen molar-refractivity contribution in [3.8, 4) is 5.75 Å². The zero-order chi connectivity index (χ0) is 19.8. The second-order valence-electron chi connectivity index (χ2n) is 7.03. The number of nitrogens with one attached hydrogen (secondary N) is 1. The molecule has 1 N–H and O–H groups in total. The molecule has 1 heterocycles. The van der Waals surface area contributed by atoms with Gasteiger partial charge in [-0.2, -0.15) is 0 Å². The molecule has 1 aliphatic heterocycles. The van der Waals surface area contributed by atoms with Crippen LogP contribution in [0.1, 0.15) is 31.2 Å². The maximum absolute atomic E-state index is 12.4. The number of para-hydroxylation sites is 1. The van der Waals surface area contributed by atoms with Crippen LogP contribution < -0.4 is 10.1 Å². The molecule has 0 bridgehead atoms. The Hall–Kier alpha value is -1.75. The van der Waals surface area contributed by atoms with Crippen molar-refractivity contribution in [2.45, 2.75) is 31.1 Å². The van der Waals surface area contributed by atoms with E-state index in [0.717, 1.165) is 23.4 Å². The molecule has 0 aliphatic carbocycles. The Morgan fingerprint density at radius 2 is 1.71 bits per heavy atom. The smallest absolute Gasteiger partial charge is 0.220 e. The lowest BCUT2D eigenvalue weighted by Gasteiger charge is -2.38. The third-order valence-corrected chi connectivity index (χ3v) is 5.80. The molecule has 150 valence electrons. The minimum atomic E-state index is -0.180. The monoisotopic (exact) mass is 421 g/mol. The number of ether oxygens (including phenoxy) is 2. The molecule has 1 aliphatic rings. The van der Waals surface area contributed by atoms with Crippen molar-refractivity contribution in [1.29, 1.82) is 0 Å². The van der Waals surface area contributed by atoms with Gasteiger partial charge in [0.1, 0.15) is 5.75 Å². The summed E-state index contributed by atoms with van der Waals surface area (Å²) in [4.78, 5) is 12.4. The summed E-state index contributed by atoms with van der Waals surface area (Å²) < 4.78 is 11.2. The molecule has 0 spiro atoms. The van der Waals surface area contributed by atoms with E-state index in [9.17, 15) is 4.79 Å². The Morgan fingerprint density at radius 1 is 1.04 bits per heavy atom. The quantitative estimate of drug-likeness (QED) is 0.608. The van der Waals surface area contributed by atoms with E-state index in [1.807, 2.05) is 36.4 Å². The van der Waals surface area contributed by atoms with E-state index >= 15 is 0 Å². The highest BCUT2D eigenvalue weighted by Gasteiger charge is 2.36. The van der Waals surface area contributed by atoms with Gasteiger partial charge in [-0.05, 0) is 43.0 Å². The predicted octanol–water partition coefficient (Wildman–Crippen LogP) is 5.02. The third kappa shape index (κ3) is 5.40. The van der Waals surface area contributed by atoms with Crippen LogP contribution in [-0.2, 0) is 14.9 Å². The molecule has 0 radical (unpaired) electrons. The van der Waals surface area contributed by atoms with Crippen LogP contribution in [-0.4, -0.2) is 32.3 Å². The van der Waals surface area contributed by atoms with Gasteiger partial charge in [0, 0.05) is 36.6 Å². The number of carbonyl (C=O) groups excluding carboxylic acids is 1. The maximum Gasteiger partial charge on any atom is 0.220 e. The van der Waals surface area contributed by atoms with Crippen molar-refractivity contribution in [2.24, 2.45) is 0 Å². The van der Waals surface area contributed by atoms with E-state index in [2.05, 4.69) is 11.4 Å². The van der Waals surface area contributed by atoms with Gasteiger partial charge in [0.2, 0.25) is 5.91 Å². The summed E-state index contributed by atoms with van der Waals surface area (Å²) in [5, 5.41) is 4.41. The van der Waals surface area contributed by atoms with Gasteiger partial charge in [-0.3, -0.25) is 4.79 Å². The Bertz CT molecular complexity index is 791. The first-order chi connectivity index (χ1) is 13.6. The molecule has 1 amide bonds. The minimum Gasteiger partial charge on any atom is -0.492 e. The van der Waals surface area contributed by atoms with Gasteiger partial charge in [-0.15, -0.1) is 0 Å². The number of hydrogen-bond donors (Lipinski definition) is 1. The largest absolute Gasteiger partial charge is 0.492 e. The van der Waals surface area contributed by atoms with Crippen molar-refractivity contribution in [3.63, 3.8) is 0 Å². The van der Waals surface area contributed by atoms with Crippen LogP contribution in [0.2, 0.25) is 10.0 Å². The first kappa shape index (κ1) is 21.0. The number of carbonyl (C=O) groups is 1. The fraction of sp³-hybridized carbons (Fsp3) is 0.409. The zero-order valence-electron chi connectivity index (χ0n) is 15.8. The number of benzene rings is 2. The molecule has 4 nitrogen and oxygen atoms in total.